The molecule has 0 atom stereocenters. The van der Waals surface area contributed by atoms with E-state index in [1.54, 1.807) is 103 Å². The Balaban J connectivity index is 1.41. The van der Waals surface area contributed by atoms with Crippen molar-refractivity contribution in [3.63, 3.8) is 0 Å². The minimum absolute atomic E-state index is 0.0471. The van der Waals surface area contributed by atoms with Crippen LogP contribution in [0.1, 0.15) is 15.9 Å². The number of thioether (sulfide) groups is 1. The molecule has 10 heteroatoms. The molecule has 6 nitrogen and oxygen atoms in total. The van der Waals surface area contributed by atoms with Crippen molar-refractivity contribution in [2.24, 2.45) is 0 Å². The van der Waals surface area contributed by atoms with Gasteiger partial charge < -0.3 is 16.0 Å². The first-order chi connectivity index (χ1) is 19.3. The van der Waals surface area contributed by atoms with E-state index in [0.717, 1.165) is 4.90 Å². The molecule has 202 valence electrons. The molecule has 3 N–H and O–H groups in total. The topological polar surface area (TPSA) is 87.3 Å². The predicted octanol–water partition coefficient (Wildman–Crippen LogP) is 7.79. The largest absolute Gasteiger partial charge is 0.324 e. The molecule has 0 fully saturated rings. The van der Waals surface area contributed by atoms with E-state index >= 15 is 0 Å². The van der Waals surface area contributed by atoms with Crippen LogP contribution < -0.4 is 16.0 Å². The number of nitrogens with one attached hydrogen (secondary N) is 3. The summed E-state index contributed by atoms with van der Waals surface area (Å²) in [5, 5.41) is 9.37. The fraction of sp³-hybridized carbons (Fsp3) is 0.0333. The van der Waals surface area contributed by atoms with Gasteiger partial charge >= 0.3 is 0 Å². The van der Waals surface area contributed by atoms with Crippen molar-refractivity contribution in [1.82, 2.24) is 5.32 Å². The molecule has 3 amide bonds. The van der Waals surface area contributed by atoms with Crippen molar-refractivity contribution in [2.45, 2.75) is 4.90 Å². The lowest BCUT2D eigenvalue weighted by atomic mass is 10.1. The molecule has 0 aliphatic carbocycles. The van der Waals surface area contributed by atoms with Crippen LogP contribution in [0.15, 0.2) is 108 Å². The molecular formula is C30H22Cl3N3O3S. The van der Waals surface area contributed by atoms with E-state index in [4.69, 9.17) is 34.8 Å². The Kier molecular flexibility index (Phi) is 10.3. The van der Waals surface area contributed by atoms with Crippen molar-refractivity contribution in [2.75, 3.05) is 16.4 Å². The van der Waals surface area contributed by atoms with Gasteiger partial charge in [-0.05, 0) is 72.3 Å². The maximum absolute atomic E-state index is 13.2. The maximum Gasteiger partial charge on any atom is 0.272 e. The molecule has 0 heterocycles. The molecule has 0 bridgehead atoms. The number of anilines is 2. The van der Waals surface area contributed by atoms with Gasteiger partial charge in [0.15, 0.2) is 0 Å². The average Bonchev–Trinajstić information content (AvgIpc) is 2.95. The van der Waals surface area contributed by atoms with E-state index in [2.05, 4.69) is 16.0 Å². The molecule has 4 rings (SSSR count). The van der Waals surface area contributed by atoms with Gasteiger partial charge in [0.05, 0.1) is 21.5 Å². The van der Waals surface area contributed by atoms with Crippen LogP contribution in [-0.4, -0.2) is 23.5 Å². The second kappa shape index (κ2) is 14.1. The fourth-order valence-electron chi connectivity index (χ4n) is 3.47. The number of halogens is 3. The van der Waals surface area contributed by atoms with E-state index < -0.39 is 11.8 Å². The van der Waals surface area contributed by atoms with Crippen LogP contribution in [0.4, 0.5) is 11.4 Å². The van der Waals surface area contributed by atoms with Crippen LogP contribution in [0.25, 0.3) is 6.08 Å². The molecule has 4 aromatic rings. The summed E-state index contributed by atoms with van der Waals surface area (Å²) in [6.07, 6.45) is 1.55. The second-order valence-corrected chi connectivity index (χ2v) is 10.6. The van der Waals surface area contributed by atoms with Gasteiger partial charge in [0.1, 0.15) is 5.70 Å². The second-order valence-electron chi connectivity index (χ2n) is 8.35. The van der Waals surface area contributed by atoms with E-state index in [-0.39, 0.29) is 22.4 Å². The highest BCUT2D eigenvalue weighted by molar-refractivity contribution is 8.00. The van der Waals surface area contributed by atoms with Crippen molar-refractivity contribution in [1.29, 1.82) is 0 Å². The molecule has 0 aliphatic heterocycles. The predicted molar refractivity (Wildman–Crippen MR) is 164 cm³/mol. The van der Waals surface area contributed by atoms with Crippen LogP contribution in [-0.2, 0) is 9.59 Å². The Morgan fingerprint density at radius 3 is 2.23 bits per heavy atom. The quantitative estimate of drug-likeness (QED) is 0.133. The summed E-state index contributed by atoms with van der Waals surface area (Å²) in [6.45, 7) is 0. The standard InChI is InChI=1S/C30H22Cl3N3O3S/c31-21-9-4-6-19(16-21)17-26(36-29(38)20-7-2-1-3-8-20)30(39)34-22-12-14-23(15-13-22)40-18-27(37)35-25-11-5-10-24(32)28(25)33/h1-17H,18H2,(H,34,39)(H,35,37)(H,36,38)/b26-17-. The summed E-state index contributed by atoms with van der Waals surface area (Å²) in [4.78, 5) is 39.1. The zero-order chi connectivity index (χ0) is 28.5. The van der Waals surface area contributed by atoms with Crippen LogP contribution in [0.3, 0.4) is 0 Å². The molecule has 0 saturated carbocycles. The Morgan fingerprint density at radius 1 is 0.775 bits per heavy atom. The van der Waals surface area contributed by atoms with Crippen molar-refractivity contribution >= 4 is 81.7 Å². The summed E-state index contributed by atoms with van der Waals surface area (Å²) in [7, 11) is 0. The third kappa shape index (κ3) is 8.37. The number of hydrogen-bond acceptors (Lipinski definition) is 4. The highest BCUT2D eigenvalue weighted by atomic mass is 35.5. The summed E-state index contributed by atoms with van der Waals surface area (Å²) >= 11 is 19.5. The SMILES string of the molecule is O=C(CSc1ccc(NC(=O)/C(=C/c2cccc(Cl)c2)NC(=O)c2ccccc2)cc1)Nc1cccc(Cl)c1Cl. The molecular weight excluding hydrogens is 589 g/mol. The van der Waals surface area contributed by atoms with Crippen LogP contribution >= 0.6 is 46.6 Å². The number of benzene rings is 4. The zero-order valence-electron chi connectivity index (χ0n) is 20.8. The van der Waals surface area contributed by atoms with E-state index in [9.17, 15) is 14.4 Å². The fourth-order valence-corrected chi connectivity index (χ4v) is 4.72. The average molecular weight is 611 g/mol. The Morgan fingerprint density at radius 2 is 1.50 bits per heavy atom. The lowest BCUT2D eigenvalue weighted by molar-refractivity contribution is -0.114. The molecule has 0 aliphatic rings. The van der Waals surface area contributed by atoms with Crippen molar-refractivity contribution < 1.29 is 14.4 Å². The third-order valence-corrected chi connectivity index (χ3v) is 7.46. The molecule has 0 radical (unpaired) electrons. The smallest absolute Gasteiger partial charge is 0.272 e. The molecule has 0 saturated heterocycles. The number of amides is 3. The molecule has 4 aromatic carbocycles. The van der Waals surface area contributed by atoms with Gasteiger partial charge in [-0.25, -0.2) is 0 Å². The number of carbonyl (C=O) groups is 3. The highest BCUT2D eigenvalue weighted by Gasteiger charge is 2.15. The minimum atomic E-state index is -0.512. The molecule has 0 unspecified atom stereocenters. The van der Waals surface area contributed by atoms with Gasteiger partial charge in [-0.3, -0.25) is 14.4 Å². The summed E-state index contributed by atoms with van der Waals surface area (Å²) < 4.78 is 0. The minimum Gasteiger partial charge on any atom is -0.324 e. The number of rotatable bonds is 9. The van der Waals surface area contributed by atoms with Crippen molar-refractivity contribution in [3.8, 4) is 0 Å². The monoisotopic (exact) mass is 609 g/mol. The lowest BCUT2D eigenvalue weighted by Crippen LogP contribution is -2.30. The maximum atomic E-state index is 13.2. The van der Waals surface area contributed by atoms with Crippen LogP contribution in [0.2, 0.25) is 15.1 Å². The third-order valence-electron chi connectivity index (χ3n) is 5.40. The number of hydrogen-bond donors (Lipinski definition) is 3. The molecule has 0 spiro atoms. The molecule has 40 heavy (non-hydrogen) atoms. The zero-order valence-corrected chi connectivity index (χ0v) is 23.9. The van der Waals surface area contributed by atoms with Gasteiger partial charge in [0.25, 0.3) is 11.8 Å². The first-order valence-electron chi connectivity index (χ1n) is 11.9. The Labute approximate surface area is 250 Å². The summed E-state index contributed by atoms with van der Waals surface area (Å²) in [6, 6.07) is 27.5. The Bertz CT molecular complexity index is 1560. The lowest BCUT2D eigenvalue weighted by Gasteiger charge is -2.12. The normalized spacial score (nSPS) is 11.0. The van der Waals surface area contributed by atoms with Crippen LogP contribution in [0.5, 0.6) is 0 Å². The number of carbonyl (C=O) groups excluding carboxylic acids is 3. The van der Waals surface area contributed by atoms with E-state index in [0.29, 0.717) is 32.5 Å². The Hall–Kier alpha value is -3.75. The van der Waals surface area contributed by atoms with Gasteiger partial charge in [-0.2, -0.15) is 0 Å². The van der Waals surface area contributed by atoms with Gasteiger partial charge in [0, 0.05) is 21.2 Å². The van der Waals surface area contributed by atoms with E-state index in [1.165, 1.54) is 11.8 Å². The van der Waals surface area contributed by atoms with Gasteiger partial charge in [0.2, 0.25) is 5.91 Å². The summed E-state index contributed by atoms with van der Waals surface area (Å²) in [5.41, 5.74) is 2.06. The molecule has 0 aromatic heterocycles. The highest BCUT2D eigenvalue weighted by Crippen LogP contribution is 2.30. The first-order valence-corrected chi connectivity index (χ1v) is 14.0. The van der Waals surface area contributed by atoms with Gasteiger partial charge in [-0.15, -0.1) is 11.8 Å². The van der Waals surface area contributed by atoms with Crippen LogP contribution in [0, 0.1) is 0 Å². The summed E-state index contributed by atoms with van der Waals surface area (Å²) in [5.74, 6) is -1.03. The van der Waals surface area contributed by atoms with E-state index in [1.807, 2.05) is 0 Å². The van der Waals surface area contributed by atoms with Gasteiger partial charge in [-0.1, -0.05) is 71.2 Å². The first kappa shape index (κ1) is 29.2. The van der Waals surface area contributed by atoms with Crippen molar-refractivity contribution in [3.05, 3.63) is 129 Å².